The Bertz CT molecular complexity index is 666. The van der Waals surface area contributed by atoms with Gasteiger partial charge in [0, 0.05) is 6.20 Å². The third-order valence-electron chi connectivity index (χ3n) is 3.26. The number of hydrogen-bond acceptors (Lipinski definition) is 5. The van der Waals surface area contributed by atoms with Crippen molar-refractivity contribution in [3.63, 3.8) is 0 Å². The number of alkyl halides is 2. The second-order valence-corrected chi connectivity index (χ2v) is 4.77. The predicted octanol–water partition coefficient (Wildman–Crippen LogP) is -0.546. The van der Waals surface area contributed by atoms with Crippen LogP contribution >= 0.6 is 0 Å². The second kappa shape index (κ2) is 5.17. The maximum Gasteiger partial charge on any atom is 0.330 e. The summed E-state index contributed by atoms with van der Waals surface area (Å²) in [6, 6.07) is 0. The molecule has 1 aliphatic rings. The van der Waals surface area contributed by atoms with Crippen molar-refractivity contribution < 1.29 is 23.7 Å². The van der Waals surface area contributed by atoms with E-state index in [0.717, 1.165) is 12.3 Å². The van der Waals surface area contributed by atoms with Crippen LogP contribution in [0.4, 0.5) is 8.78 Å². The number of hydrogen-bond donors (Lipinski definition) is 3. The van der Waals surface area contributed by atoms with Crippen molar-refractivity contribution in [3.8, 4) is 0 Å². The van der Waals surface area contributed by atoms with Crippen LogP contribution in [-0.4, -0.2) is 44.0 Å². The van der Waals surface area contributed by atoms with Crippen LogP contribution in [0.25, 0.3) is 6.08 Å². The number of aliphatic hydroxyl groups is 2. The fourth-order valence-electron chi connectivity index (χ4n) is 2.13. The molecule has 1 aromatic heterocycles. The molecular formula is C12H14F2N2O5. The van der Waals surface area contributed by atoms with Crippen molar-refractivity contribution in [2.24, 2.45) is 0 Å². The Kier molecular flexibility index (Phi) is 3.83. The van der Waals surface area contributed by atoms with Crippen LogP contribution in [0.5, 0.6) is 0 Å². The lowest BCUT2D eigenvalue weighted by molar-refractivity contribution is -0.141. The number of H-pyrrole nitrogens is 1. The third-order valence-corrected chi connectivity index (χ3v) is 3.26. The highest BCUT2D eigenvalue weighted by Crippen LogP contribution is 2.43. The molecule has 1 saturated heterocycles. The summed E-state index contributed by atoms with van der Waals surface area (Å²) in [5, 5.41) is 18.9. The first-order valence-corrected chi connectivity index (χ1v) is 6.07. The molecule has 3 N–H and O–H groups in total. The molecule has 21 heavy (non-hydrogen) atoms. The molecule has 0 aromatic carbocycles. The quantitative estimate of drug-likeness (QED) is 0.695. The topological polar surface area (TPSA) is 105 Å². The van der Waals surface area contributed by atoms with E-state index in [1.807, 2.05) is 4.98 Å². The number of nitrogens with one attached hydrogen (secondary N) is 1. The number of aromatic amines is 1. The van der Waals surface area contributed by atoms with Crippen molar-refractivity contribution in [2.45, 2.75) is 37.4 Å². The molecule has 0 unspecified atom stereocenters. The average molecular weight is 304 g/mol. The summed E-state index contributed by atoms with van der Waals surface area (Å²) in [5.74, 6) is -3.82. The highest BCUT2D eigenvalue weighted by Gasteiger charge is 2.60. The Labute approximate surface area is 117 Å². The van der Waals surface area contributed by atoms with Gasteiger partial charge in [-0.3, -0.25) is 14.3 Å². The zero-order valence-corrected chi connectivity index (χ0v) is 11.0. The molecule has 9 heteroatoms. The van der Waals surface area contributed by atoms with Gasteiger partial charge in [0.05, 0.1) is 11.7 Å². The maximum atomic E-state index is 14.1. The summed E-state index contributed by atoms with van der Waals surface area (Å²) in [6.07, 6.45) is -5.40. The smallest absolute Gasteiger partial charge is 0.330 e. The molecule has 1 aromatic rings. The van der Waals surface area contributed by atoms with E-state index in [1.165, 1.54) is 6.92 Å². The van der Waals surface area contributed by atoms with Crippen molar-refractivity contribution in [1.82, 2.24) is 9.55 Å². The molecule has 116 valence electrons. The van der Waals surface area contributed by atoms with E-state index in [0.29, 0.717) is 4.57 Å². The van der Waals surface area contributed by atoms with Gasteiger partial charge in [0.2, 0.25) is 6.23 Å². The normalized spacial score (nSPS) is 29.3. The minimum atomic E-state index is -3.82. The van der Waals surface area contributed by atoms with Crippen LogP contribution < -0.4 is 11.2 Å². The number of aliphatic hydroxyl groups excluding tert-OH is 2. The first-order chi connectivity index (χ1) is 9.70. The lowest BCUT2D eigenvalue weighted by Gasteiger charge is -2.21. The Morgan fingerprint density at radius 1 is 1.57 bits per heavy atom. The van der Waals surface area contributed by atoms with Crippen LogP contribution in [0, 0.1) is 0 Å². The highest BCUT2D eigenvalue weighted by atomic mass is 19.3. The van der Waals surface area contributed by atoms with Gasteiger partial charge >= 0.3 is 11.6 Å². The number of rotatable bonds is 3. The van der Waals surface area contributed by atoms with Gasteiger partial charge in [-0.1, -0.05) is 12.7 Å². The fraction of sp³-hybridized carbons (Fsp3) is 0.500. The molecule has 1 aliphatic heterocycles. The maximum absolute atomic E-state index is 14.1. The zero-order valence-electron chi connectivity index (χ0n) is 11.0. The van der Waals surface area contributed by atoms with Gasteiger partial charge in [0.25, 0.3) is 5.56 Å². The molecule has 0 radical (unpaired) electrons. The minimum Gasteiger partial charge on any atom is -0.391 e. The van der Waals surface area contributed by atoms with Gasteiger partial charge in [0.1, 0.15) is 6.10 Å². The van der Waals surface area contributed by atoms with E-state index in [2.05, 4.69) is 6.58 Å². The summed E-state index contributed by atoms with van der Waals surface area (Å²) < 4.78 is 33.5. The Hall–Kier alpha value is -1.84. The standard InChI is InChI=1S/C12H14F2N2O5/c1-3-6-4-16(11(20)15-9(6)19)10-12(13,14)8(18)7(21-10)5(2)17/h3-5,7-8,10,17-18H,1H2,2H3,(H,15,19,20)/t5-,7+,8+,10+/m0/s1. The summed E-state index contributed by atoms with van der Waals surface area (Å²) in [6.45, 7) is 4.51. The van der Waals surface area contributed by atoms with Gasteiger partial charge in [-0.05, 0) is 6.92 Å². The van der Waals surface area contributed by atoms with E-state index >= 15 is 0 Å². The first-order valence-electron chi connectivity index (χ1n) is 6.07. The fourth-order valence-corrected chi connectivity index (χ4v) is 2.13. The molecule has 0 aliphatic carbocycles. The van der Waals surface area contributed by atoms with E-state index in [1.54, 1.807) is 0 Å². The number of halogens is 2. The van der Waals surface area contributed by atoms with Gasteiger partial charge in [-0.25, -0.2) is 4.79 Å². The Morgan fingerprint density at radius 2 is 2.19 bits per heavy atom. The largest absolute Gasteiger partial charge is 0.391 e. The van der Waals surface area contributed by atoms with Crippen LogP contribution in [-0.2, 0) is 4.74 Å². The summed E-state index contributed by atoms with van der Waals surface area (Å²) >= 11 is 0. The summed E-state index contributed by atoms with van der Waals surface area (Å²) in [4.78, 5) is 24.9. The van der Waals surface area contributed by atoms with Crippen LogP contribution in [0.3, 0.4) is 0 Å². The van der Waals surface area contributed by atoms with Crippen LogP contribution in [0.15, 0.2) is 22.4 Å². The zero-order chi connectivity index (χ0) is 15.9. The highest BCUT2D eigenvalue weighted by molar-refractivity contribution is 5.43. The summed E-state index contributed by atoms with van der Waals surface area (Å²) in [5.41, 5.74) is -2.00. The van der Waals surface area contributed by atoms with E-state index in [9.17, 15) is 28.6 Å². The molecule has 4 atom stereocenters. The number of ether oxygens (including phenoxy) is 1. The minimum absolute atomic E-state index is 0.107. The number of aromatic nitrogens is 2. The van der Waals surface area contributed by atoms with Gasteiger partial charge in [0.15, 0.2) is 6.10 Å². The summed E-state index contributed by atoms with van der Waals surface area (Å²) in [7, 11) is 0. The Balaban J connectivity index is 2.54. The SMILES string of the molecule is C=Cc1cn([C@@H]2O[C@H]([C@H](C)O)[C@@H](O)C2(F)F)c(=O)[nH]c1=O. The van der Waals surface area contributed by atoms with Gasteiger partial charge in [-0.15, -0.1) is 0 Å². The lowest BCUT2D eigenvalue weighted by Crippen LogP contribution is -2.44. The molecule has 2 heterocycles. The van der Waals surface area contributed by atoms with E-state index in [4.69, 9.17) is 4.74 Å². The van der Waals surface area contributed by atoms with Crippen LogP contribution in [0.1, 0.15) is 18.7 Å². The molecule has 0 bridgehead atoms. The number of nitrogens with zero attached hydrogens (tertiary/aromatic N) is 1. The monoisotopic (exact) mass is 304 g/mol. The predicted molar refractivity (Wildman–Crippen MR) is 68.0 cm³/mol. The molecular weight excluding hydrogens is 290 g/mol. The molecule has 1 fully saturated rings. The molecule has 0 spiro atoms. The molecule has 2 rings (SSSR count). The second-order valence-electron chi connectivity index (χ2n) is 4.77. The van der Waals surface area contributed by atoms with Crippen LogP contribution in [0.2, 0.25) is 0 Å². The van der Waals surface area contributed by atoms with Gasteiger partial charge in [-0.2, -0.15) is 8.78 Å². The van der Waals surface area contributed by atoms with Crippen molar-refractivity contribution in [1.29, 1.82) is 0 Å². The van der Waals surface area contributed by atoms with Gasteiger partial charge < -0.3 is 14.9 Å². The average Bonchev–Trinajstić information content (AvgIpc) is 2.62. The molecule has 7 nitrogen and oxygen atoms in total. The lowest BCUT2D eigenvalue weighted by atomic mass is 10.1. The van der Waals surface area contributed by atoms with Crippen molar-refractivity contribution in [3.05, 3.63) is 39.2 Å². The Morgan fingerprint density at radius 3 is 2.67 bits per heavy atom. The molecule has 0 saturated carbocycles. The van der Waals surface area contributed by atoms with Crippen molar-refractivity contribution >= 4 is 6.08 Å². The third kappa shape index (κ3) is 2.43. The van der Waals surface area contributed by atoms with E-state index in [-0.39, 0.29) is 5.56 Å². The first kappa shape index (κ1) is 15.5. The van der Waals surface area contributed by atoms with Crippen molar-refractivity contribution in [2.75, 3.05) is 0 Å². The molecule has 0 amide bonds. The van der Waals surface area contributed by atoms with E-state index < -0.39 is 41.7 Å².